The van der Waals surface area contributed by atoms with E-state index in [9.17, 15) is 0 Å². The average molecular weight is 294 g/mol. The van der Waals surface area contributed by atoms with Gasteiger partial charge < -0.3 is 10.5 Å². The van der Waals surface area contributed by atoms with E-state index in [2.05, 4.69) is 6.07 Å². The standard InChI is InChI=1S/C15H16ClNOS/c1-2-18-14-6-4-3-5-11(14)10-19-15-9-12(17)7-8-13(15)16/h3-9H,2,10,17H2,1H3. The molecule has 0 aromatic heterocycles. The van der Waals surface area contributed by atoms with Crippen molar-refractivity contribution in [3.8, 4) is 5.75 Å². The van der Waals surface area contributed by atoms with E-state index in [1.165, 1.54) is 0 Å². The van der Waals surface area contributed by atoms with Crippen molar-refractivity contribution in [3.05, 3.63) is 53.1 Å². The normalized spacial score (nSPS) is 10.4. The van der Waals surface area contributed by atoms with Crippen molar-refractivity contribution in [1.82, 2.24) is 0 Å². The van der Waals surface area contributed by atoms with Crippen LogP contribution in [0.4, 0.5) is 5.69 Å². The minimum absolute atomic E-state index is 0.667. The zero-order valence-electron chi connectivity index (χ0n) is 10.7. The fraction of sp³-hybridized carbons (Fsp3) is 0.200. The number of halogens is 1. The number of nitrogens with two attached hydrogens (primary N) is 1. The lowest BCUT2D eigenvalue weighted by Crippen LogP contribution is -1.95. The molecule has 100 valence electrons. The molecule has 2 rings (SSSR count). The summed E-state index contributed by atoms with van der Waals surface area (Å²) in [5, 5.41) is 0.730. The van der Waals surface area contributed by atoms with Gasteiger partial charge in [-0.2, -0.15) is 0 Å². The summed E-state index contributed by atoms with van der Waals surface area (Å²) in [6.07, 6.45) is 0. The maximum Gasteiger partial charge on any atom is 0.123 e. The van der Waals surface area contributed by atoms with Crippen molar-refractivity contribution < 1.29 is 4.74 Å². The van der Waals surface area contributed by atoms with Gasteiger partial charge in [-0.05, 0) is 31.2 Å². The second-order valence-corrected chi connectivity index (χ2v) is 5.44. The van der Waals surface area contributed by atoms with Crippen LogP contribution in [0.5, 0.6) is 5.75 Å². The Morgan fingerprint density at radius 2 is 2.00 bits per heavy atom. The Morgan fingerprint density at radius 1 is 1.21 bits per heavy atom. The van der Waals surface area contributed by atoms with E-state index in [4.69, 9.17) is 22.1 Å². The van der Waals surface area contributed by atoms with E-state index < -0.39 is 0 Å². The molecule has 0 spiro atoms. The Morgan fingerprint density at radius 3 is 2.79 bits per heavy atom. The zero-order valence-corrected chi connectivity index (χ0v) is 12.3. The van der Waals surface area contributed by atoms with Crippen molar-refractivity contribution >= 4 is 29.1 Å². The summed E-state index contributed by atoms with van der Waals surface area (Å²) in [6, 6.07) is 13.6. The lowest BCUT2D eigenvalue weighted by atomic mass is 10.2. The SMILES string of the molecule is CCOc1ccccc1CSc1cc(N)ccc1Cl. The summed E-state index contributed by atoms with van der Waals surface area (Å²) in [4.78, 5) is 0.993. The molecule has 0 aliphatic carbocycles. The van der Waals surface area contributed by atoms with Crippen molar-refractivity contribution in [2.45, 2.75) is 17.6 Å². The van der Waals surface area contributed by atoms with Gasteiger partial charge in [-0.25, -0.2) is 0 Å². The Bertz CT molecular complexity index is 560. The van der Waals surface area contributed by atoms with Gasteiger partial charge in [0.05, 0.1) is 11.6 Å². The van der Waals surface area contributed by atoms with Crippen LogP contribution in [0.25, 0.3) is 0 Å². The smallest absolute Gasteiger partial charge is 0.123 e. The van der Waals surface area contributed by atoms with E-state index in [1.54, 1.807) is 17.8 Å². The van der Waals surface area contributed by atoms with Gasteiger partial charge in [-0.1, -0.05) is 29.8 Å². The number of hydrogen-bond donors (Lipinski definition) is 1. The number of thioether (sulfide) groups is 1. The summed E-state index contributed by atoms with van der Waals surface area (Å²) in [7, 11) is 0. The number of anilines is 1. The van der Waals surface area contributed by atoms with Crippen molar-refractivity contribution in [2.75, 3.05) is 12.3 Å². The lowest BCUT2D eigenvalue weighted by Gasteiger charge is -2.10. The number of nitrogen functional groups attached to an aromatic ring is 1. The van der Waals surface area contributed by atoms with Gasteiger partial charge in [-0.15, -0.1) is 11.8 Å². The van der Waals surface area contributed by atoms with E-state index in [0.717, 1.165) is 32.7 Å². The third-order valence-corrected chi connectivity index (χ3v) is 4.16. The maximum absolute atomic E-state index is 6.16. The van der Waals surface area contributed by atoms with Gasteiger partial charge in [0.1, 0.15) is 5.75 Å². The average Bonchev–Trinajstić information content (AvgIpc) is 2.42. The molecule has 0 bridgehead atoms. The van der Waals surface area contributed by atoms with Crippen LogP contribution in [-0.2, 0) is 5.75 Å². The zero-order chi connectivity index (χ0) is 13.7. The molecule has 0 unspecified atom stereocenters. The van der Waals surface area contributed by atoms with Gasteiger partial charge in [-0.3, -0.25) is 0 Å². The quantitative estimate of drug-likeness (QED) is 0.646. The molecule has 0 fully saturated rings. The van der Waals surface area contributed by atoms with Gasteiger partial charge in [0.15, 0.2) is 0 Å². The highest BCUT2D eigenvalue weighted by Gasteiger charge is 2.06. The van der Waals surface area contributed by atoms with Crippen molar-refractivity contribution in [2.24, 2.45) is 0 Å². The van der Waals surface area contributed by atoms with Gasteiger partial charge in [0.2, 0.25) is 0 Å². The van der Waals surface area contributed by atoms with Gasteiger partial charge >= 0.3 is 0 Å². The minimum Gasteiger partial charge on any atom is -0.494 e. The predicted molar refractivity (Wildman–Crippen MR) is 83.0 cm³/mol. The second-order valence-electron chi connectivity index (χ2n) is 4.02. The number of ether oxygens (including phenoxy) is 1. The van der Waals surface area contributed by atoms with Crippen LogP contribution < -0.4 is 10.5 Å². The highest BCUT2D eigenvalue weighted by Crippen LogP contribution is 2.33. The first-order valence-corrected chi connectivity index (χ1v) is 7.45. The largest absolute Gasteiger partial charge is 0.494 e. The van der Waals surface area contributed by atoms with Crippen LogP contribution in [0.2, 0.25) is 5.02 Å². The fourth-order valence-electron chi connectivity index (χ4n) is 1.71. The molecule has 0 heterocycles. The van der Waals surface area contributed by atoms with Crippen LogP contribution in [0.3, 0.4) is 0 Å². The molecule has 2 N–H and O–H groups in total. The third kappa shape index (κ3) is 3.82. The summed E-state index contributed by atoms with van der Waals surface area (Å²) >= 11 is 7.82. The topological polar surface area (TPSA) is 35.2 Å². The van der Waals surface area contributed by atoms with Crippen molar-refractivity contribution in [1.29, 1.82) is 0 Å². The summed E-state index contributed by atoms with van der Waals surface area (Å²) in [5.41, 5.74) is 7.66. The Hall–Kier alpha value is -1.32. The van der Waals surface area contributed by atoms with E-state index >= 15 is 0 Å². The molecule has 19 heavy (non-hydrogen) atoms. The van der Waals surface area contributed by atoms with E-state index in [0.29, 0.717) is 6.61 Å². The molecule has 0 saturated heterocycles. The molecular weight excluding hydrogens is 278 g/mol. The molecule has 2 aromatic carbocycles. The number of para-hydroxylation sites is 1. The lowest BCUT2D eigenvalue weighted by molar-refractivity contribution is 0.337. The van der Waals surface area contributed by atoms with Gasteiger partial charge in [0.25, 0.3) is 0 Å². The third-order valence-electron chi connectivity index (χ3n) is 2.61. The van der Waals surface area contributed by atoms with Crippen LogP contribution in [0.15, 0.2) is 47.4 Å². The molecule has 4 heteroatoms. The van der Waals surface area contributed by atoms with E-state index in [-0.39, 0.29) is 0 Å². The summed E-state index contributed by atoms with van der Waals surface area (Å²) in [6.45, 7) is 2.65. The molecule has 0 saturated carbocycles. The number of benzene rings is 2. The molecule has 0 radical (unpaired) electrons. The molecule has 2 nitrogen and oxygen atoms in total. The van der Waals surface area contributed by atoms with Crippen LogP contribution in [0.1, 0.15) is 12.5 Å². The highest BCUT2D eigenvalue weighted by molar-refractivity contribution is 7.98. The first-order chi connectivity index (χ1) is 9.20. The molecule has 2 aromatic rings. The number of rotatable bonds is 5. The maximum atomic E-state index is 6.16. The molecule has 0 aliphatic rings. The monoisotopic (exact) mass is 293 g/mol. The highest BCUT2D eigenvalue weighted by atomic mass is 35.5. The fourth-order valence-corrected chi connectivity index (χ4v) is 2.96. The molecule has 0 aliphatic heterocycles. The Kier molecular flexibility index (Phi) is 5.00. The first-order valence-electron chi connectivity index (χ1n) is 6.09. The van der Waals surface area contributed by atoms with Gasteiger partial charge in [0, 0.05) is 21.9 Å². The minimum atomic E-state index is 0.667. The molecule has 0 amide bonds. The van der Waals surface area contributed by atoms with Crippen LogP contribution in [-0.4, -0.2) is 6.61 Å². The van der Waals surface area contributed by atoms with Crippen LogP contribution in [0, 0.1) is 0 Å². The predicted octanol–water partition coefficient (Wildman–Crippen LogP) is 4.61. The number of hydrogen-bond acceptors (Lipinski definition) is 3. The summed E-state index contributed by atoms with van der Waals surface area (Å²) < 4.78 is 5.61. The summed E-state index contributed by atoms with van der Waals surface area (Å²) in [5.74, 6) is 1.73. The van der Waals surface area contributed by atoms with Crippen LogP contribution >= 0.6 is 23.4 Å². The Labute approximate surface area is 122 Å². The second kappa shape index (κ2) is 6.73. The van der Waals surface area contributed by atoms with E-state index in [1.807, 2.05) is 37.3 Å². The molecule has 0 atom stereocenters. The van der Waals surface area contributed by atoms with Crippen molar-refractivity contribution in [3.63, 3.8) is 0 Å². The Balaban J connectivity index is 2.12. The molecular formula is C15H16ClNOS. The first kappa shape index (κ1) is 14.1.